The van der Waals surface area contributed by atoms with Crippen molar-refractivity contribution in [2.45, 2.75) is 0 Å². The molecule has 0 aromatic carbocycles. The maximum atomic E-state index is 0. The van der Waals surface area contributed by atoms with Crippen LogP contribution in [0.1, 0.15) is 0 Å². The van der Waals surface area contributed by atoms with E-state index in [1.165, 1.54) is 0 Å². The molecule has 0 amide bonds. The van der Waals surface area contributed by atoms with Crippen LogP contribution in [0.15, 0.2) is 0 Å². The van der Waals surface area contributed by atoms with E-state index in [0.29, 0.717) is 0 Å². The molecule has 19 heteroatoms. The first-order valence-corrected chi connectivity index (χ1v) is 0. The van der Waals surface area contributed by atoms with E-state index in [4.69, 9.17) is 0 Å². The second-order valence-corrected chi connectivity index (χ2v) is 0. The van der Waals surface area contributed by atoms with Crippen molar-refractivity contribution in [1.29, 1.82) is 0 Å². The van der Waals surface area contributed by atoms with E-state index in [2.05, 4.69) is 0 Å². The molecule has 0 N–H and O–H groups in total. The van der Waals surface area contributed by atoms with Crippen LogP contribution in [0.3, 0.4) is 0 Å². The summed E-state index contributed by atoms with van der Waals surface area (Å²) in [5.74, 6) is 0. The fourth-order valence-corrected chi connectivity index (χ4v) is 0. The first kappa shape index (κ1) is 157. The average molecular weight is 755 g/mol. The first-order chi connectivity index (χ1) is 0. The summed E-state index contributed by atoms with van der Waals surface area (Å²) in [6.45, 7) is 0. The predicted octanol–water partition coefficient (Wildman–Crippen LogP) is -6.70. The molecule has 0 aliphatic carbocycles. The molecule has 0 saturated carbocycles. The zero-order chi connectivity index (χ0) is 0. The average Bonchev–Trinajstić information content (AvgIpc) is 0. The van der Waals surface area contributed by atoms with Gasteiger partial charge in [-0.25, -0.2) is 0 Å². The SMILES string of the molecule is Cl.Cl.Cl.Cl.Cl.Cl.Cl.Cl.[CaH2].[CaH2].[CaH2].[CaH2].[CaH2].[CaH2].[CaH2].[CaH2].[CaH2].[CaH2].[CaH2]. The van der Waals surface area contributed by atoms with Gasteiger partial charge in [0.2, 0.25) is 0 Å². The zero-order valence-corrected chi connectivity index (χ0v) is 9.80. The van der Waals surface area contributed by atoms with Gasteiger partial charge in [0.25, 0.3) is 0 Å². The second-order valence-electron chi connectivity index (χ2n) is 0. The van der Waals surface area contributed by atoms with Crippen molar-refractivity contribution in [3.63, 3.8) is 0 Å². The Hall–Kier alpha value is 16.2. The van der Waals surface area contributed by atoms with E-state index in [0.717, 1.165) is 0 Å². The Labute approximate surface area is 496 Å². The summed E-state index contributed by atoms with van der Waals surface area (Å²) in [5.41, 5.74) is 0. The van der Waals surface area contributed by atoms with Gasteiger partial charge in [0.1, 0.15) is 0 Å². The van der Waals surface area contributed by atoms with Crippen molar-refractivity contribution in [2.24, 2.45) is 0 Å². The summed E-state index contributed by atoms with van der Waals surface area (Å²) in [4.78, 5) is 0. The summed E-state index contributed by atoms with van der Waals surface area (Å²) < 4.78 is 0. The molecule has 0 fully saturated rings. The summed E-state index contributed by atoms with van der Waals surface area (Å²) in [6.07, 6.45) is 0. The third-order valence-corrected chi connectivity index (χ3v) is 0. The topological polar surface area (TPSA) is 0 Å². The van der Waals surface area contributed by atoms with Gasteiger partial charge >= 0.3 is 415 Å². The van der Waals surface area contributed by atoms with Gasteiger partial charge in [-0.15, -0.1) is 99.3 Å². The van der Waals surface area contributed by atoms with E-state index < -0.39 is 0 Å². The number of hydrogen-bond donors (Lipinski definition) is 0. The van der Waals surface area contributed by atoms with Crippen molar-refractivity contribution >= 4 is 514 Å². The Morgan fingerprint density at radius 3 is 0.105 bits per heavy atom. The molecule has 0 atom stereocenters. The Bertz CT molecular complexity index is 18.7. The maximum absolute atomic E-state index is 0. The van der Waals surface area contributed by atoms with Crippen LogP contribution in [-0.4, -0.2) is 415 Å². The summed E-state index contributed by atoms with van der Waals surface area (Å²) in [5, 5.41) is 0. The van der Waals surface area contributed by atoms with E-state index in [-0.39, 0.29) is 514 Å². The van der Waals surface area contributed by atoms with Crippen molar-refractivity contribution in [3.8, 4) is 0 Å². The van der Waals surface area contributed by atoms with Crippen LogP contribution in [0.25, 0.3) is 0 Å². The minimum absolute atomic E-state index is 0. The quantitative estimate of drug-likeness (QED) is 0.216. The Morgan fingerprint density at radius 1 is 0.105 bits per heavy atom. The molecule has 0 aromatic heterocycles. The van der Waals surface area contributed by atoms with Crippen LogP contribution in [0.5, 0.6) is 0 Å². The Balaban J connectivity index is 0. The molecule has 0 saturated heterocycles. The van der Waals surface area contributed by atoms with E-state index >= 15 is 0 Å². The van der Waals surface area contributed by atoms with Crippen molar-refractivity contribution in [3.05, 3.63) is 0 Å². The molecule has 0 bridgehead atoms. The molecule has 0 nitrogen and oxygen atoms in total. The zero-order valence-electron chi connectivity index (χ0n) is 3.27. The Morgan fingerprint density at radius 2 is 0.105 bits per heavy atom. The van der Waals surface area contributed by atoms with Gasteiger partial charge in [0.05, 0.1) is 0 Å². The van der Waals surface area contributed by atoms with Crippen LogP contribution < -0.4 is 0 Å². The van der Waals surface area contributed by atoms with Crippen molar-refractivity contribution in [1.82, 2.24) is 0 Å². The van der Waals surface area contributed by atoms with Gasteiger partial charge in [-0.2, -0.15) is 0 Å². The minimum atomic E-state index is 0. The van der Waals surface area contributed by atoms with Crippen LogP contribution in [0.2, 0.25) is 0 Å². The van der Waals surface area contributed by atoms with E-state index in [9.17, 15) is 0 Å². The van der Waals surface area contributed by atoms with Gasteiger partial charge in [-0.05, 0) is 0 Å². The molecule has 0 unspecified atom stereocenters. The number of rotatable bonds is 0. The summed E-state index contributed by atoms with van der Waals surface area (Å²) >= 11 is 0. The molecule has 0 radical (unpaired) electrons. The van der Waals surface area contributed by atoms with Gasteiger partial charge in [-0.1, -0.05) is 0 Å². The van der Waals surface area contributed by atoms with Crippen molar-refractivity contribution in [2.75, 3.05) is 0 Å². The van der Waals surface area contributed by atoms with Crippen LogP contribution in [0.4, 0.5) is 0 Å². The van der Waals surface area contributed by atoms with E-state index in [1.807, 2.05) is 0 Å². The number of halogens is 8. The molecule has 0 aliphatic rings. The van der Waals surface area contributed by atoms with Crippen LogP contribution >= 0.6 is 99.3 Å². The summed E-state index contributed by atoms with van der Waals surface area (Å²) in [6, 6.07) is 0. The molecule has 19 heavy (non-hydrogen) atoms. The molecule has 0 aliphatic heterocycles. The summed E-state index contributed by atoms with van der Waals surface area (Å²) in [7, 11) is 0. The third kappa shape index (κ3) is 135. The molecule has 0 heterocycles. The molecule has 108 valence electrons. The molecule has 0 aromatic rings. The molecule has 0 spiro atoms. The fraction of sp³-hybridized carbons (Fsp3) is 0. The first-order valence-electron chi connectivity index (χ1n) is 0. The second kappa shape index (κ2) is 144. The van der Waals surface area contributed by atoms with Crippen LogP contribution in [0, 0.1) is 0 Å². The normalized spacial score (nSPS) is 0. The van der Waals surface area contributed by atoms with Gasteiger partial charge < -0.3 is 0 Å². The van der Waals surface area contributed by atoms with Gasteiger partial charge in [0, 0.05) is 0 Å². The van der Waals surface area contributed by atoms with Crippen LogP contribution in [-0.2, 0) is 0 Å². The predicted molar refractivity (Wildman–Crippen MR) is 152 cm³/mol. The fourth-order valence-electron chi connectivity index (χ4n) is 0. The standard InChI is InChI=1S/11Ca.8ClH.22H/h;;;;;;;;;;;8*1H;;;;;;;;;;;;;;;;;;;;;;. The third-order valence-electron chi connectivity index (χ3n) is 0. The molecular weight excluding hydrogens is 724 g/mol. The van der Waals surface area contributed by atoms with Gasteiger partial charge in [0.15, 0.2) is 0 Å². The molecule has 0 rings (SSSR count). The van der Waals surface area contributed by atoms with E-state index in [1.54, 1.807) is 0 Å². The Kier molecular flexibility index (Phi) is 1190. The molecular formula is H30Ca11Cl8. The van der Waals surface area contributed by atoms with Crippen molar-refractivity contribution < 1.29 is 0 Å². The monoisotopic (exact) mass is 750 g/mol. The van der Waals surface area contributed by atoms with Gasteiger partial charge in [-0.3, -0.25) is 0 Å². The number of hydrogen-bond acceptors (Lipinski definition) is 0.